The van der Waals surface area contributed by atoms with E-state index in [1.165, 1.54) is 6.42 Å². The lowest BCUT2D eigenvalue weighted by Crippen LogP contribution is -2.39. The second-order valence-corrected chi connectivity index (χ2v) is 6.95. The van der Waals surface area contributed by atoms with Crippen LogP contribution < -0.4 is 0 Å². The number of carbonyl (C=O) groups excluding carboxylic acids is 1. The third kappa shape index (κ3) is 2.82. The van der Waals surface area contributed by atoms with Gasteiger partial charge >= 0.3 is 0 Å². The second kappa shape index (κ2) is 6.36. The second-order valence-electron chi connectivity index (χ2n) is 6.95. The molecular formula is C18H21N5O2. The number of carbonyl (C=O) groups is 1. The standard InChI is InChI=1S/C18H21N5O2/c1-22-11-12(10-19)9-15(22)18(24)23-8-3-2-7-14(23)17-21-20-16(25-17)13-5-4-6-13/h9,11,13-14H,2-8H2,1H3. The monoisotopic (exact) mass is 339 g/mol. The molecule has 0 spiro atoms. The van der Waals surface area contributed by atoms with Crippen molar-refractivity contribution < 1.29 is 9.21 Å². The minimum atomic E-state index is -0.178. The summed E-state index contributed by atoms with van der Waals surface area (Å²) in [5.74, 6) is 1.56. The van der Waals surface area contributed by atoms with Gasteiger partial charge in [0.05, 0.1) is 5.56 Å². The van der Waals surface area contributed by atoms with Crippen LogP contribution in [0.4, 0.5) is 0 Å². The molecule has 7 nitrogen and oxygen atoms in total. The Hall–Kier alpha value is -2.62. The fraction of sp³-hybridized carbons (Fsp3) is 0.556. The normalized spacial score (nSPS) is 21.0. The van der Waals surface area contributed by atoms with Crippen LogP contribution in [0.15, 0.2) is 16.7 Å². The summed E-state index contributed by atoms with van der Waals surface area (Å²) in [6.07, 6.45) is 7.92. The molecule has 0 radical (unpaired) electrons. The van der Waals surface area contributed by atoms with Gasteiger partial charge < -0.3 is 13.9 Å². The van der Waals surface area contributed by atoms with Crippen molar-refractivity contribution >= 4 is 5.91 Å². The largest absolute Gasteiger partial charge is 0.423 e. The highest BCUT2D eigenvalue weighted by atomic mass is 16.4. The molecule has 1 unspecified atom stereocenters. The molecule has 1 saturated heterocycles. The summed E-state index contributed by atoms with van der Waals surface area (Å²) in [6, 6.07) is 3.55. The minimum absolute atomic E-state index is 0.0860. The van der Waals surface area contributed by atoms with Gasteiger partial charge in [-0.1, -0.05) is 6.42 Å². The van der Waals surface area contributed by atoms with Crippen molar-refractivity contribution in [3.05, 3.63) is 35.3 Å². The summed E-state index contributed by atoms with van der Waals surface area (Å²) < 4.78 is 7.63. The highest BCUT2D eigenvalue weighted by Crippen LogP contribution is 2.38. The molecule has 2 aromatic heterocycles. The van der Waals surface area contributed by atoms with E-state index in [-0.39, 0.29) is 11.9 Å². The molecule has 0 N–H and O–H groups in total. The van der Waals surface area contributed by atoms with Crippen LogP contribution in [-0.2, 0) is 7.05 Å². The van der Waals surface area contributed by atoms with Gasteiger partial charge in [0.25, 0.3) is 5.91 Å². The fourth-order valence-electron chi connectivity index (χ4n) is 3.62. The number of piperidine rings is 1. The first kappa shape index (κ1) is 15.9. The molecule has 25 heavy (non-hydrogen) atoms. The van der Waals surface area contributed by atoms with Gasteiger partial charge in [-0.3, -0.25) is 4.79 Å². The smallest absolute Gasteiger partial charge is 0.271 e. The molecule has 1 aliphatic carbocycles. The number of nitrogens with zero attached hydrogens (tertiary/aromatic N) is 5. The predicted molar refractivity (Wildman–Crippen MR) is 88.6 cm³/mol. The first-order valence-electron chi connectivity index (χ1n) is 8.88. The fourth-order valence-corrected chi connectivity index (χ4v) is 3.62. The summed E-state index contributed by atoms with van der Waals surface area (Å²) in [5, 5.41) is 17.5. The van der Waals surface area contributed by atoms with Crippen LogP contribution in [0.25, 0.3) is 0 Å². The Kier molecular flexibility index (Phi) is 4.04. The van der Waals surface area contributed by atoms with Gasteiger partial charge in [0, 0.05) is 25.7 Å². The number of hydrogen-bond donors (Lipinski definition) is 0. The molecule has 130 valence electrons. The Labute approximate surface area is 146 Å². The van der Waals surface area contributed by atoms with Gasteiger partial charge in [0.15, 0.2) is 0 Å². The molecule has 3 heterocycles. The Bertz CT molecular complexity index is 827. The van der Waals surface area contributed by atoms with Crippen LogP contribution in [0, 0.1) is 11.3 Å². The van der Waals surface area contributed by atoms with E-state index >= 15 is 0 Å². The van der Waals surface area contributed by atoms with Gasteiger partial charge in [0.2, 0.25) is 11.8 Å². The Morgan fingerprint density at radius 2 is 2.04 bits per heavy atom. The zero-order valence-corrected chi connectivity index (χ0v) is 14.3. The number of aromatic nitrogens is 3. The van der Waals surface area contributed by atoms with Crippen molar-refractivity contribution in [1.82, 2.24) is 19.7 Å². The van der Waals surface area contributed by atoms with Crippen LogP contribution in [0.3, 0.4) is 0 Å². The van der Waals surface area contributed by atoms with Crippen molar-refractivity contribution in [1.29, 1.82) is 5.26 Å². The molecule has 2 aromatic rings. The van der Waals surface area contributed by atoms with Crippen LogP contribution in [-0.4, -0.2) is 32.1 Å². The number of amides is 1. The van der Waals surface area contributed by atoms with E-state index in [1.54, 1.807) is 23.9 Å². The van der Waals surface area contributed by atoms with Crippen molar-refractivity contribution in [3.8, 4) is 6.07 Å². The van der Waals surface area contributed by atoms with Gasteiger partial charge in [-0.15, -0.1) is 10.2 Å². The maximum atomic E-state index is 13.0. The first-order chi connectivity index (χ1) is 12.2. The molecule has 1 aliphatic heterocycles. The summed E-state index contributed by atoms with van der Waals surface area (Å²) in [6.45, 7) is 0.664. The van der Waals surface area contributed by atoms with Crippen LogP contribution in [0.2, 0.25) is 0 Å². The van der Waals surface area contributed by atoms with Gasteiger partial charge in [-0.2, -0.15) is 5.26 Å². The molecule has 1 saturated carbocycles. The lowest BCUT2D eigenvalue weighted by molar-refractivity contribution is 0.0558. The van der Waals surface area contributed by atoms with Crippen LogP contribution in [0.5, 0.6) is 0 Å². The van der Waals surface area contributed by atoms with E-state index in [4.69, 9.17) is 9.68 Å². The summed E-state index contributed by atoms with van der Waals surface area (Å²) in [5.41, 5.74) is 1.01. The van der Waals surface area contributed by atoms with Gasteiger partial charge in [0.1, 0.15) is 17.8 Å². The van der Waals surface area contributed by atoms with E-state index < -0.39 is 0 Å². The lowest BCUT2D eigenvalue weighted by atomic mass is 9.85. The van der Waals surface area contributed by atoms with E-state index in [0.717, 1.165) is 32.1 Å². The third-order valence-electron chi connectivity index (χ3n) is 5.31. The van der Waals surface area contributed by atoms with Crippen molar-refractivity contribution in [2.24, 2.45) is 7.05 Å². The quantitative estimate of drug-likeness (QED) is 0.858. The van der Waals surface area contributed by atoms with Crippen molar-refractivity contribution in [2.45, 2.75) is 50.5 Å². The molecular weight excluding hydrogens is 318 g/mol. The zero-order chi connectivity index (χ0) is 17.4. The summed E-state index contributed by atoms with van der Waals surface area (Å²) in [7, 11) is 1.79. The molecule has 2 aliphatic rings. The Morgan fingerprint density at radius 3 is 2.72 bits per heavy atom. The number of rotatable bonds is 3. The highest BCUT2D eigenvalue weighted by molar-refractivity contribution is 5.93. The van der Waals surface area contributed by atoms with E-state index in [1.807, 2.05) is 4.90 Å². The van der Waals surface area contributed by atoms with E-state index in [0.29, 0.717) is 35.5 Å². The van der Waals surface area contributed by atoms with E-state index in [9.17, 15) is 4.79 Å². The van der Waals surface area contributed by atoms with E-state index in [2.05, 4.69) is 16.3 Å². The van der Waals surface area contributed by atoms with Crippen molar-refractivity contribution in [2.75, 3.05) is 6.54 Å². The van der Waals surface area contributed by atoms with Gasteiger partial charge in [-0.05, 0) is 38.2 Å². The predicted octanol–water partition coefficient (Wildman–Crippen LogP) is 2.91. The van der Waals surface area contributed by atoms with Gasteiger partial charge in [-0.25, -0.2) is 0 Å². The maximum Gasteiger partial charge on any atom is 0.271 e. The molecule has 1 amide bonds. The molecule has 4 rings (SSSR count). The topological polar surface area (TPSA) is 88.0 Å². The summed E-state index contributed by atoms with van der Waals surface area (Å²) in [4.78, 5) is 14.9. The number of nitriles is 1. The Morgan fingerprint density at radius 1 is 1.24 bits per heavy atom. The van der Waals surface area contributed by atoms with Crippen LogP contribution >= 0.6 is 0 Å². The highest BCUT2D eigenvalue weighted by Gasteiger charge is 2.35. The zero-order valence-electron chi connectivity index (χ0n) is 14.3. The van der Waals surface area contributed by atoms with Crippen molar-refractivity contribution in [3.63, 3.8) is 0 Å². The summed E-state index contributed by atoms with van der Waals surface area (Å²) >= 11 is 0. The third-order valence-corrected chi connectivity index (χ3v) is 5.31. The molecule has 1 atom stereocenters. The number of aryl methyl sites for hydroxylation is 1. The lowest BCUT2D eigenvalue weighted by Gasteiger charge is -2.33. The number of likely N-dealkylation sites (tertiary alicyclic amines) is 1. The average Bonchev–Trinajstić information content (AvgIpc) is 3.19. The molecule has 2 fully saturated rings. The molecule has 7 heteroatoms. The number of hydrogen-bond acceptors (Lipinski definition) is 5. The SMILES string of the molecule is Cn1cc(C#N)cc1C(=O)N1CCCCC1c1nnc(C2CCC2)o1. The average molecular weight is 339 g/mol. The molecule has 0 bridgehead atoms. The Balaban J connectivity index is 1.60. The minimum Gasteiger partial charge on any atom is -0.423 e. The maximum absolute atomic E-state index is 13.0. The van der Waals surface area contributed by atoms with Crippen LogP contribution in [0.1, 0.15) is 78.3 Å². The first-order valence-corrected chi connectivity index (χ1v) is 8.88. The molecule has 0 aromatic carbocycles.